The highest BCUT2D eigenvalue weighted by atomic mass is 32.2. The van der Waals surface area contributed by atoms with Crippen LogP contribution in [-0.2, 0) is 14.6 Å². The van der Waals surface area contributed by atoms with Gasteiger partial charge in [0, 0.05) is 6.42 Å². The van der Waals surface area contributed by atoms with Crippen molar-refractivity contribution in [2.24, 2.45) is 5.92 Å². The van der Waals surface area contributed by atoms with Crippen molar-refractivity contribution in [2.45, 2.75) is 19.8 Å². The van der Waals surface area contributed by atoms with Gasteiger partial charge in [0.1, 0.15) is 5.75 Å². The summed E-state index contributed by atoms with van der Waals surface area (Å²) >= 11 is 0. The van der Waals surface area contributed by atoms with Crippen molar-refractivity contribution < 1.29 is 17.9 Å². The van der Waals surface area contributed by atoms with E-state index in [4.69, 9.17) is 4.74 Å². The number of methoxy groups -OCH3 is 1. The van der Waals surface area contributed by atoms with Crippen LogP contribution >= 0.6 is 0 Å². The highest BCUT2D eigenvalue weighted by molar-refractivity contribution is 7.91. The maximum Gasteiger partial charge on any atom is 0.224 e. The number of carbonyl (C=O) groups is 1. The number of hydrogen-bond acceptors (Lipinski definition) is 4. The van der Waals surface area contributed by atoms with Crippen molar-refractivity contribution in [2.75, 3.05) is 23.9 Å². The summed E-state index contributed by atoms with van der Waals surface area (Å²) in [6, 6.07) is 5.53. The molecular formula is C14H19NO4S. The summed E-state index contributed by atoms with van der Waals surface area (Å²) in [6.07, 6.45) is 0.803. The zero-order valence-corrected chi connectivity index (χ0v) is 12.5. The number of amides is 1. The molecule has 0 bridgehead atoms. The summed E-state index contributed by atoms with van der Waals surface area (Å²) in [5.41, 5.74) is 1.64. The molecule has 1 N–H and O–H groups in total. The minimum Gasteiger partial charge on any atom is -0.495 e. The van der Waals surface area contributed by atoms with E-state index >= 15 is 0 Å². The topological polar surface area (TPSA) is 72.5 Å². The van der Waals surface area contributed by atoms with Crippen LogP contribution in [0, 0.1) is 12.8 Å². The lowest BCUT2D eigenvalue weighted by atomic mass is 10.0. The highest BCUT2D eigenvalue weighted by Crippen LogP contribution is 2.27. The minimum atomic E-state index is -2.94. The van der Waals surface area contributed by atoms with Gasteiger partial charge in [-0.15, -0.1) is 0 Å². The van der Waals surface area contributed by atoms with E-state index in [1.165, 1.54) is 0 Å². The normalized spacial score (nSPS) is 20.6. The van der Waals surface area contributed by atoms with Gasteiger partial charge in [-0.1, -0.05) is 6.07 Å². The van der Waals surface area contributed by atoms with Gasteiger partial charge >= 0.3 is 0 Å². The number of hydrogen-bond donors (Lipinski definition) is 1. The average Bonchev–Trinajstić information content (AvgIpc) is 2.68. The summed E-state index contributed by atoms with van der Waals surface area (Å²) in [7, 11) is -1.39. The van der Waals surface area contributed by atoms with Gasteiger partial charge < -0.3 is 10.1 Å². The minimum absolute atomic E-state index is 0.0733. The Labute approximate surface area is 119 Å². The van der Waals surface area contributed by atoms with Gasteiger partial charge in [-0.25, -0.2) is 8.42 Å². The molecule has 1 atom stereocenters. The Kier molecular flexibility index (Phi) is 4.32. The molecule has 1 aliphatic rings. The molecule has 5 nitrogen and oxygen atoms in total. The second-order valence-corrected chi connectivity index (χ2v) is 7.45. The van der Waals surface area contributed by atoms with Gasteiger partial charge in [0.25, 0.3) is 0 Å². The molecule has 0 radical (unpaired) electrons. The summed E-state index contributed by atoms with van der Waals surface area (Å²) in [5, 5.41) is 2.80. The van der Waals surface area contributed by atoms with Crippen molar-refractivity contribution in [1.29, 1.82) is 0 Å². The predicted molar refractivity (Wildman–Crippen MR) is 77.7 cm³/mol. The summed E-state index contributed by atoms with van der Waals surface area (Å²) < 4.78 is 27.9. The molecule has 1 fully saturated rings. The zero-order valence-electron chi connectivity index (χ0n) is 11.7. The van der Waals surface area contributed by atoms with Crippen LogP contribution in [0.1, 0.15) is 18.4 Å². The van der Waals surface area contributed by atoms with E-state index < -0.39 is 9.84 Å². The maximum atomic E-state index is 12.0. The first kappa shape index (κ1) is 14.8. The Morgan fingerprint density at radius 1 is 1.45 bits per heavy atom. The first-order chi connectivity index (χ1) is 9.39. The van der Waals surface area contributed by atoms with Crippen LogP contribution in [0.5, 0.6) is 5.75 Å². The standard InChI is InChI=1S/C14H19NO4S/c1-10-3-4-13(19-2)12(7-10)15-14(16)8-11-5-6-20(17,18)9-11/h3-4,7,11H,5-6,8-9H2,1-2H3,(H,15,16)/t11-/m0/s1. The molecule has 0 spiro atoms. The van der Waals surface area contributed by atoms with Crippen LogP contribution in [0.25, 0.3) is 0 Å². The summed E-state index contributed by atoms with van der Waals surface area (Å²) in [6.45, 7) is 1.93. The van der Waals surface area contributed by atoms with E-state index in [0.29, 0.717) is 17.9 Å². The van der Waals surface area contributed by atoms with E-state index in [0.717, 1.165) is 5.56 Å². The Bertz CT molecular complexity index is 610. The number of benzene rings is 1. The third-order valence-corrected chi connectivity index (χ3v) is 5.27. The molecule has 1 aromatic carbocycles. The van der Waals surface area contributed by atoms with Gasteiger partial charge in [0.15, 0.2) is 9.84 Å². The van der Waals surface area contributed by atoms with E-state index in [1.807, 2.05) is 19.1 Å². The van der Waals surface area contributed by atoms with Crippen LogP contribution < -0.4 is 10.1 Å². The van der Waals surface area contributed by atoms with E-state index in [9.17, 15) is 13.2 Å². The van der Waals surface area contributed by atoms with Gasteiger partial charge in [-0.05, 0) is 37.0 Å². The average molecular weight is 297 g/mol. The molecule has 1 aliphatic heterocycles. The summed E-state index contributed by atoms with van der Waals surface area (Å²) in [5.74, 6) is 0.666. The highest BCUT2D eigenvalue weighted by Gasteiger charge is 2.29. The van der Waals surface area contributed by atoms with Crippen molar-refractivity contribution >= 4 is 21.4 Å². The van der Waals surface area contributed by atoms with Crippen molar-refractivity contribution in [3.8, 4) is 5.75 Å². The molecular weight excluding hydrogens is 278 g/mol. The first-order valence-electron chi connectivity index (χ1n) is 6.54. The molecule has 110 valence electrons. The monoisotopic (exact) mass is 297 g/mol. The molecule has 1 saturated heterocycles. The fraction of sp³-hybridized carbons (Fsp3) is 0.500. The number of anilines is 1. The molecule has 2 rings (SSSR count). The molecule has 1 amide bonds. The van der Waals surface area contributed by atoms with Gasteiger partial charge in [-0.2, -0.15) is 0 Å². The van der Waals surface area contributed by atoms with E-state index in [-0.39, 0.29) is 29.8 Å². The number of rotatable bonds is 4. The first-order valence-corrected chi connectivity index (χ1v) is 8.36. The molecule has 0 aliphatic carbocycles. The van der Waals surface area contributed by atoms with Crippen LogP contribution in [0.2, 0.25) is 0 Å². The zero-order chi connectivity index (χ0) is 14.8. The Hall–Kier alpha value is -1.56. The lowest BCUT2D eigenvalue weighted by Gasteiger charge is -2.12. The fourth-order valence-electron chi connectivity index (χ4n) is 2.42. The van der Waals surface area contributed by atoms with Gasteiger partial charge in [0.2, 0.25) is 5.91 Å². The smallest absolute Gasteiger partial charge is 0.224 e. The number of carbonyl (C=O) groups excluding carboxylic acids is 1. The lowest BCUT2D eigenvalue weighted by Crippen LogP contribution is -2.17. The van der Waals surface area contributed by atoms with E-state index in [2.05, 4.69) is 5.32 Å². The second-order valence-electron chi connectivity index (χ2n) is 5.23. The quantitative estimate of drug-likeness (QED) is 0.919. The number of ether oxygens (including phenoxy) is 1. The van der Waals surface area contributed by atoms with Gasteiger partial charge in [0.05, 0.1) is 24.3 Å². The van der Waals surface area contributed by atoms with Crippen LogP contribution in [0.15, 0.2) is 18.2 Å². The largest absolute Gasteiger partial charge is 0.495 e. The molecule has 6 heteroatoms. The Morgan fingerprint density at radius 2 is 2.20 bits per heavy atom. The Balaban J connectivity index is 2.00. The maximum absolute atomic E-state index is 12.0. The second kappa shape index (κ2) is 5.83. The SMILES string of the molecule is COc1ccc(C)cc1NC(=O)C[C@@H]1CCS(=O)(=O)C1. The molecule has 20 heavy (non-hydrogen) atoms. The van der Waals surface area contributed by atoms with Crippen molar-refractivity contribution in [3.05, 3.63) is 23.8 Å². The van der Waals surface area contributed by atoms with Crippen LogP contribution in [0.3, 0.4) is 0 Å². The molecule has 1 aromatic rings. The third-order valence-electron chi connectivity index (χ3n) is 3.43. The van der Waals surface area contributed by atoms with Gasteiger partial charge in [-0.3, -0.25) is 4.79 Å². The van der Waals surface area contributed by atoms with Crippen LogP contribution in [0.4, 0.5) is 5.69 Å². The number of sulfone groups is 1. The number of nitrogens with one attached hydrogen (secondary N) is 1. The predicted octanol–water partition coefficient (Wildman–Crippen LogP) is 1.77. The van der Waals surface area contributed by atoms with Crippen molar-refractivity contribution in [1.82, 2.24) is 0 Å². The molecule has 0 unspecified atom stereocenters. The third kappa shape index (κ3) is 3.72. The lowest BCUT2D eigenvalue weighted by molar-refractivity contribution is -0.116. The van der Waals surface area contributed by atoms with E-state index in [1.54, 1.807) is 13.2 Å². The fourth-order valence-corrected chi connectivity index (χ4v) is 4.28. The number of aryl methyl sites for hydroxylation is 1. The van der Waals surface area contributed by atoms with Crippen molar-refractivity contribution in [3.63, 3.8) is 0 Å². The Morgan fingerprint density at radius 3 is 2.80 bits per heavy atom. The molecule has 0 aromatic heterocycles. The molecule has 1 heterocycles. The molecule has 0 saturated carbocycles. The van der Waals surface area contributed by atoms with Crippen LogP contribution in [-0.4, -0.2) is 32.9 Å². The summed E-state index contributed by atoms with van der Waals surface area (Å²) in [4.78, 5) is 12.0.